The van der Waals surface area contributed by atoms with Crippen LogP contribution in [0.5, 0.6) is 0 Å². The Bertz CT molecular complexity index is 387. The van der Waals surface area contributed by atoms with Crippen LogP contribution in [0.25, 0.3) is 0 Å². The Morgan fingerprint density at radius 3 is 2.14 bits per heavy atom. The fraction of sp³-hybridized carbons (Fsp3) is 0.684. The molecule has 0 amide bonds. The van der Waals surface area contributed by atoms with Gasteiger partial charge in [0, 0.05) is 10.5 Å². The van der Waals surface area contributed by atoms with Gasteiger partial charge >= 0.3 is 0 Å². The zero-order chi connectivity index (χ0) is 15.1. The van der Waals surface area contributed by atoms with Crippen LogP contribution >= 0.6 is 15.9 Å². The third-order valence-electron chi connectivity index (χ3n) is 4.85. The third-order valence-corrected chi connectivity index (χ3v) is 5.38. The number of piperidine rings is 1. The predicted octanol–water partition coefficient (Wildman–Crippen LogP) is 5.67. The van der Waals surface area contributed by atoms with Crippen LogP contribution in [0.2, 0.25) is 0 Å². The summed E-state index contributed by atoms with van der Waals surface area (Å²) in [6, 6.07) is 9.72. The summed E-state index contributed by atoms with van der Waals surface area (Å²) in [5, 5.41) is 0. The molecular formula is C19H30BrN. The van der Waals surface area contributed by atoms with Crippen molar-refractivity contribution < 1.29 is 0 Å². The summed E-state index contributed by atoms with van der Waals surface area (Å²) >= 11 is 3.52. The van der Waals surface area contributed by atoms with E-state index in [-0.39, 0.29) is 0 Å². The highest BCUT2D eigenvalue weighted by Gasteiger charge is 2.24. The second kappa shape index (κ2) is 8.95. The quantitative estimate of drug-likeness (QED) is 0.611. The zero-order valence-electron chi connectivity index (χ0n) is 13.7. The number of likely N-dealkylation sites (tertiary alicyclic amines) is 1. The van der Waals surface area contributed by atoms with Gasteiger partial charge < -0.3 is 4.90 Å². The van der Waals surface area contributed by atoms with E-state index in [1.807, 2.05) is 0 Å². The average molecular weight is 352 g/mol. The first-order chi connectivity index (χ1) is 10.2. The monoisotopic (exact) mass is 351 g/mol. The first-order valence-corrected chi connectivity index (χ1v) is 9.50. The van der Waals surface area contributed by atoms with Crippen LogP contribution in [-0.2, 0) is 6.42 Å². The second-order valence-electron chi connectivity index (χ2n) is 6.54. The van der Waals surface area contributed by atoms with Gasteiger partial charge in [0.1, 0.15) is 0 Å². The van der Waals surface area contributed by atoms with E-state index < -0.39 is 0 Å². The molecule has 1 saturated heterocycles. The number of nitrogens with zero attached hydrogens (tertiary/aromatic N) is 1. The maximum atomic E-state index is 3.52. The van der Waals surface area contributed by atoms with Crippen LogP contribution in [0, 0.1) is 5.92 Å². The first kappa shape index (κ1) is 17.0. The Labute approximate surface area is 139 Å². The second-order valence-corrected chi connectivity index (χ2v) is 7.46. The van der Waals surface area contributed by atoms with E-state index in [0.29, 0.717) is 0 Å². The van der Waals surface area contributed by atoms with Gasteiger partial charge in [0.25, 0.3) is 0 Å². The van der Waals surface area contributed by atoms with Crippen LogP contribution in [0.1, 0.15) is 57.9 Å². The van der Waals surface area contributed by atoms with E-state index in [1.165, 1.54) is 68.1 Å². The van der Waals surface area contributed by atoms with Gasteiger partial charge in [0.05, 0.1) is 0 Å². The summed E-state index contributed by atoms with van der Waals surface area (Å²) in [6.45, 7) is 7.27. The lowest BCUT2D eigenvalue weighted by Gasteiger charge is -2.37. The molecule has 1 aliphatic heterocycles. The van der Waals surface area contributed by atoms with Gasteiger partial charge in [-0.05, 0) is 68.8 Å². The van der Waals surface area contributed by atoms with E-state index in [0.717, 1.165) is 12.0 Å². The minimum atomic E-state index is 0.841. The summed E-state index contributed by atoms with van der Waals surface area (Å²) in [5.41, 5.74) is 1.50. The topological polar surface area (TPSA) is 3.24 Å². The summed E-state index contributed by atoms with van der Waals surface area (Å²) in [6.07, 6.45) is 9.41. The number of halogens is 1. The molecule has 2 heteroatoms. The fourth-order valence-electron chi connectivity index (χ4n) is 3.65. The average Bonchev–Trinajstić information content (AvgIpc) is 2.50. The lowest BCUT2D eigenvalue weighted by Crippen LogP contribution is -2.41. The van der Waals surface area contributed by atoms with Crippen molar-refractivity contribution in [3.8, 4) is 0 Å². The third kappa shape index (κ3) is 5.41. The van der Waals surface area contributed by atoms with Crippen LogP contribution in [0.4, 0.5) is 0 Å². The van der Waals surface area contributed by atoms with E-state index in [2.05, 4.69) is 58.9 Å². The highest BCUT2D eigenvalue weighted by atomic mass is 79.9. The van der Waals surface area contributed by atoms with Crippen molar-refractivity contribution in [2.24, 2.45) is 5.92 Å². The minimum Gasteiger partial charge on any atom is -0.300 e. The van der Waals surface area contributed by atoms with Gasteiger partial charge in [-0.1, -0.05) is 54.8 Å². The Balaban J connectivity index is 1.80. The highest BCUT2D eigenvalue weighted by molar-refractivity contribution is 9.10. The molecule has 0 saturated carbocycles. The molecule has 1 aromatic rings. The SMILES string of the molecule is CCCC(CCC)N1CCC(Cc2ccc(Br)cc2)CC1. The number of hydrogen-bond acceptors (Lipinski definition) is 1. The van der Waals surface area contributed by atoms with E-state index in [9.17, 15) is 0 Å². The van der Waals surface area contributed by atoms with E-state index in [1.54, 1.807) is 0 Å². The molecule has 0 radical (unpaired) electrons. The van der Waals surface area contributed by atoms with Gasteiger partial charge in [0.2, 0.25) is 0 Å². The molecule has 1 aromatic carbocycles. The van der Waals surface area contributed by atoms with Gasteiger partial charge in [-0.25, -0.2) is 0 Å². The van der Waals surface area contributed by atoms with Crippen LogP contribution < -0.4 is 0 Å². The molecule has 21 heavy (non-hydrogen) atoms. The first-order valence-electron chi connectivity index (χ1n) is 8.71. The zero-order valence-corrected chi connectivity index (χ0v) is 15.2. The Morgan fingerprint density at radius 2 is 1.62 bits per heavy atom. The minimum absolute atomic E-state index is 0.841. The molecule has 1 aliphatic rings. The summed E-state index contributed by atoms with van der Waals surface area (Å²) in [7, 11) is 0. The molecule has 0 aromatic heterocycles. The maximum absolute atomic E-state index is 3.52. The van der Waals surface area contributed by atoms with E-state index in [4.69, 9.17) is 0 Å². The lowest BCUT2D eigenvalue weighted by atomic mass is 9.89. The fourth-order valence-corrected chi connectivity index (χ4v) is 3.92. The molecule has 0 bridgehead atoms. The molecule has 2 rings (SSSR count). The van der Waals surface area contributed by atoms with Crippen LogP contribution in [0.15, 0.2) is 28.7 Å². The molecule has 0 spiro atoms. The predicted molar refractivity (Wildman–Crippen MR) is 95.7 cm³/mol. The van der Waals surface area contributed by atoms with Crippen molar-refractivity contribution >= 4 is 15.9 Å². The smallest absolute Gasteiger partial charge is 0.0175 e. The highest BCUT2D eigenvalue weighted by Crippen LogP contribution is 2.26. The summed E-state index contributed by atoms with van der Waals surface area (Å²) < 4.78 is 1.18. The van der Waals surface area contributed by atoms with Crippen molar-refractivity contribution in [3.63, 3.8) is 0 Å². The lowest BCUT2D eigenvalue weighted by molar-refractivity contribution is 0.119. The summed E-state index contributed by atoms with van der Waals surface area (Å²) in [5.74, 6) is 0.881. The van der Waals surface area contributed by atoms with Crippen molar-refractivity contribution in [3.05, 3.63) is 34.3 Å². The Kier molecular flexibility index (Phi) is 7.25. The van der Waals surface area contributed by atoms with Gasteiger partial charge in [-0.3, -0.25) is 0 Å². The normalized spacial score (nSPS) is 17.5. The van der Waals surface area contributed by atoms with Gasteiger partial charge in [-0.2, -0.15) is 0 Å². The van der Waals surface area contributed by atoms with Gasteiger partial charge in [0.15, 0.2) is 0 Å². The summed E-state index contributed by atoms with van der Waals surface area (Å²) in [4.78, 5) is 2.77. The molecule has 1 nitrogen and oxygen atoms in total. The number of hydrogen-bond donors (Lipinski definition) is 0. The molecule has 118 valence electrons. The van der Waals surface area contributed by atoms with E-state index >= 15 is 0 Å². The molecule has 0 N–H and O–H groups in total. The Hall–Kier alpha value is -0.340. The van der Waals surface area contributed by atoms with Gasteiger partial charge in [-0.15, -0.1) is 0 Å². The molecule has 1 fully saturated rings. The van der Waals surface area contributed by atoms with Crippen molar-refractivity contribution in [2.45, 2.75) is 64.8 Å². The number of rotatable bonds is 7. The number of benzene rings is 1. The maximum Gasteiger partial charge on any atom is 0.0175 e. The standard InChI is InChI=1S/C19H30BrN/c1-3-5-19(6-4-2)21-13-11-17(12-14-21)15-16-7-9-18(20)10-8-16/h7-10,17,19H,3-6,11-15H2,1-2H3. The molecule has 0 aliphatic carbocycles. The molecular weight excluding hydrogens is 322 g/mol. The van der Waals surface area contributed by atoms with Crippen LogP contribution in [-0.4, -0.2) is 24.0 Å². The Morgan fingerprint density at radius 1 is 1.05 bits per heavy atom. The van der Waals surface area contributed by atoms with Crippen LogP contribution in [0.3, 0.4) is 0 Å². The van der Waals surface area contributed by atoms with Crippen molar-refractivity contribution in [1.29, 1.82) is 0 Å². The molecule has 0 atom stereocenters. The van der Waals surface area contributed by atoms with Crippen molar-refractivity contribution in [2.75, 3.05) is 13.1 Å². The largest absolute Gasteiger partial charge is 0.300 e. The van der Waals surface area contributed by atoms with Crippen molar-refractivity contribution in [1.82, 2.24) is 4.90 Å². The molecule has 0 unspecified atom stereocenters. The molecule has 1 heterocycles.